The molecule has 1 amide bonds. The van der Waals surface area contributed by atoms with E-state index in [0.29, 0.717) is 17.9 Å². The Kier molecular flexibility index (Phi) is 4.73. The third kappa shape index (κ3) is 4.71. The lowest BCUT2D eigenvalue weighted by molar-refractivity contribution is -0.138. The maximum atomic E-state index is 12.3. The Balaban J connectivity index is 1.78. The van der Waals surface area contributed by atoms with Crippen LogP contribution in [0.2, 0.25) is 0 Å². The van der Waals surface area contributed by atoms with Crippen molar-refractivity contribution in [1.82, 2.24) is 15.5 Å². The molecule has 0 aliphatic rings. The van der Waals surface area contributed by atoms with Gasteiger partial charge < -0.3 is 10.6 Å². The molecule has 0 unspecified atom stereocenters. The van der Waals surface area contributed by atoms with Gasteiger partial charge in [-0.15, -0.1) is 10.2 Å². The van der Waals surface area contributed by atoms with Crippen molar-refractivity contribution in [2.45, 2.75) is 12.7 Å². The van der Waals surface area contributed by atoms with Gasteiger partial charge in [0.2, 0.25) is 16.0 Å². The Morgan fingerprint density at radius 2 is 1.90 bits per heavy atom. The third-order valence-corrected chi connectivity index (χ3v) is 3.33. The van der Waals surface area contributed by atoms with Gasteiger partial charge >= 0.3 is 6.18 Å². The molecular formula is C12H11F3N4OS. The molecular weight excluding hydrogens is 305 g/mol. The summed E-state index contributed by atoms with van der Waals surface area (Å²) in [6.45, 7) is 0.185. The number of carbonyl (C=O) groups is 1. The molecule has 0 saturated carbocycles. The summed E-state index contributed by atoms with van der Waals surface area (Å²) in [5.41, 5.74) is 0.932. The van der Waals surface area contributed by atoms with Gasteiger partial charge in [0.1, 0.15) is 0 Å². The fourth-order valence-corrected chi connectivity index (χ4v) is 2.03. The van der Waals surface area contributed by atoms with Gasteiger partial charge in [-0.05, 0) is 5.56 Å². The predicted octanol–water partition coefficient (Wildman–Crippen LogP) is 2.29. The molecule has 5 nitrogen and oxygen atoms in total. The van der Waals surface area contributed by atoms with Crippen LogP contribution in [0, 0.1) is 0 Å². The Hall–Kier alpha value is -2.16. The van der Waals surface area contributed by atoms with E-state index in [1.807, 2.05) is 30.3 Å². The number of alkyl halides is 3. The Morgan fingerprint density at radius 1 is 1.19 bits per heavy atom. The first-order valence-corrected chi connectivity index (χ1v) is 6.72. The van der Waals surface area contributed by atoms with E-state index in [4.69, 9.17) is 0 Å². The molecule has 1 heterocycles. The molecule has 0 fully saturated rings. The van der Waals surface area contributed by atoms with Crippen LogP contribution in [0.3, 0.4) is 0 Å². The van der Waals surface area contributed by atoms with Crippen LogP contribution in [-0.2, 0) is 17.5 Å². The molecule has 2 rings (SSSR count). The van der Waals surface area contributed by atoms with E-state index < -0.39 is 11.2 Å². The maximum Gasteiger partial charge on any atom is 0.445 e. The summed E-state index contributed by atoms with van der Waals surface area (Å²) in [4.78, 5) is 11.6. The number of benzene rings is 1. The standard InChI is InChI=1S/C12H11F3N4OS/c13-12(14,15)10-18-19-11(21-10)17-7-9(20)16-6-8-4-2-1-3-5-8/h1-5H,6-7H2,(H,16,20)(H,17,19). The molecule has 2 aromatic rings. The fourth-order valence-electron chi connectivity index (χ4n) is 1.42. The Bertz CT molecular complexity index is 600. The maximum absolute atomic E-state index is 12.3. The second kappa shape index (κ2) is 6.53. The minimum Gasteiger partial charge on any atom is -0.351 e. The lowest BCUT2D eigenvalue weighted by Crippen LogP contribution is -2.29. The number of halogens is 3. The molecule has 21 heavy (non-hydrogen) atoms. The molecule has 1 aromatic heterocycles. The van der Waals surface area contributed by atoms with Gasteiger partial charge in [0.05, 0.1) is 6.54 Å². The number of aromatic nitrogens is 2. The summed E-state index contributed by atoms with van der Waals surface area (Å²) in [6.07, 6.45) is -4.52. The average Bonchev–Trinajstić information content (AvgIpc) is 2.93. The Morgan fingerprint density at radius 3 is 2.52 bits per heavy atom. The second-order valence-electron chi connectivity index (χ2n) is 4.03. The molecule has 0 spiro atoms. The minimum absolute atomic E-state index is 0.0443. The summed E-state index contributed by atoms with van der Waals surface area (Å²) in [5, 5.41) is 10.4. The summed E-state index contributed by atoms with van der Waals surface area (Å²) >= 11 is 0.358. The van der Waals surface area contributed by atoms with Gasteiger partial charge in [-0.25, -0.2) is 0 Å². The molecule has 112 valence electrons. The topological polar surface area (TPSA) is 66.9 Å². The van der Waals surface area contributed by atoms with Crippen LogP contribution in [0.1, 0.15) is 10.6 Å². The van der Waals surface area contributed by atoms with Crippen molar-refractivity contribution in [2.75, 3.05) is 11.9 Å². The number of anilines is 1. The summed E-state index contributed by atoms with van der Waals surface area (Å²) < 4.78 is 36.9. The van der Waals surface area contributed by atoms with Gasteiger partial charge in [-0.3, -0.25) is 4.79 Å². The van der Waals surface area contributed by atoms with Crippen LogP contribution in [0.15, 0.2) is 30.3 Å². The number of nitrogens with one attached hydrogen (secondary N) is 2. The van der Waals surface area contributed by atoms with Crippen LogP contribution in [-0.4, -0.2) is 22.6 Å². The van der Waals surface area contributed by atoms with Crippen molar-refractivity contribution in [1.29, 1.82) is 0 Å². The van der Waals surface area contributed by atoms with Gasteiger partial charge in [0, 0.05) is 6.54 Å². The number of amides is 1. The number of nitrogens with zero attached hydrogens (tertiary/aromatic N) is 2. The highest BCUT2D eigenvalue weighted by molar-refractivity contribution is 7.15. The molecule has 1 aromatic carbocycles. The Labute approximate surface area is 122 Å². The smallest absolute Gasteiger partial charge is 0.351 e. The van der Waals surface area contributed by atoms with Gasteiger partial charge in [-0.1, -0.05) is 41.7 Å². The normalized spacial score (nSPS) is 11.2. The van der Waals surface area contributed by atoms with Crippen molar-refractivity contribution in [3.8, 4) is 0 Å². The minimum atomic E-state index is -4.52. The summed E-state index contributed by atoms with van der Waals surface area (Å²) in [5.74, 6) is -0.345. The molecule has 0 bridgehead atoms. The second-order valence-corrected chi connectivity index (χ2v) is 5.00. The quantitative estimate of drug-likeness (QED) is 0.888. The van der Waals surface area contributed by atoms with E-state index in [2.05, 4.69) is 20.8 Å². The first kappa shape index (κ1) is 15.2. The zero-order chi connectivity index (χ0) is 15.3. The van der Waals surface area contributed by atoms with Gasteiger partial charge in [0.15, 0.2) is 0 Å². The van der Waals surface area contributed by atoms with Crippen molar-refractivity contribution in [2.24, 2.45) is 0 Å². The summed E-state index contributed by atoms with van der Waals surface area (Å²) in [6, 6.07) is 9.27. The largest absolute Gasteiger partial charge is 0.445 e. The predicted molar refractivity (Wildman–Crippen MR) is 71.7 cm³/mol. The first-order valence-electron chi connectivity index (χ1n) is 5.90. The highest BCUT2D eigenvalue weighted by Crippen LogP contribution is 2.32. The highest BCUT2D eigenvalue weighted by atomic mass is 32.1. The van der Waals surface area contributed by atoms with Crippen molar-refractivity contribution in [3.63, 3.8) is 0 Å². The molecule has 0 atom stereocenters. The van der Waals surface area contributed by atoms with E-state index in [1.54, 1.807) is 0 Å². The molecule has 0 saturated heterocycles. The average molecular weight is 316 g/mol. The van der Waals surface area contributed by atoms with Crippen LogP contribution in [0.25, 0.3) is 0 Å². The van der Waals surface area contributed by atoms with E-state index in [-0.39, 0.29) is 17.6 Å². The van der Waals surface area contributed by atoms with Gasteiger partial charge in [-0.2, -0.15) is 13.2 Å². The fraction of sp³-hybridized carbons (Fsp3) is 0.250. The van der Waals surface area contributed by atoms with E-state index in [9.17, 15) is 18.0 Å². The lowest BCUT2D eigenvalue weighted by Gasteiger charge is -2.05. The van der Waals surface area contributed by atoms with E-state index in [0.717, 1.165) is 5.56 Å². The molecule has 2 N–H and O–H groups in total. The number of hydrogen-bond donors (Lipinski definition) is 2. The summed E-state index contributed by atoms with van der Waals surface area (Å²) in [7, 11) is 0. The zero-order valence-corrected chi connectivity index (χ0v) is 11.5. The van der Waals surface area contributed by atoms with Crippen molar-refractivity contribution in [3.05, 3.63) is 40.9 Å². The number of rotatable bonds is 5. The van der Waals surface area contributed by atoms with Crippen molar-refractivity contribution >= 4 is 22.4 Å². The third-order valence-electron chi connectivity index (χ3n) is 2.40. The van der Waals surface area contributed by atoms with E-state index in [1.165, 1.54) is 0 Å². The number of hydrogen-bond acceptors (Lipinski definition) is 5. The van der Waals surface area contributed by atoms with Crippen LogP contribution < -0.4 is 10.6 Å². The van der Waals surface area contributed by atoms with Crippen molar-refractivity contribution < 1.29 is 18.0 Å². The van der Waals surface area contributed by atoms with Crippen LogP contribution in [0.4, 0.5) is 18.3 Å². The zero-order valence-electron chi connectivity index (χ0n) is 10.6. The van der Waals surface area contributed by atoms with Gasteiger partial charge in [0.25, 0.3) is 0 Å². The first-order chi connectivity index (χ1) is 9.95. The van der Waals surface area contributed by atoms with Crippen LogP contribution >= 0.6 is 11.3 Å². The SMILES string of the molecule is O=C(CNc1nnc(C(F)(F)F)s1)NCc1ccccc1. The molecule has 9 heteroatoms. The molecule has 0 aliphatic heterocycles. The number of carbonyl (C=O) groups excluding carboxylic acids is 1. The molecule has 0 aliphatic carbocycles. The highest BCUT2D eigenvalue weighted by Gasteiger charge is 2.35. The monoisotopic (exact) mass is 316 g/mol. The van der Waals surface area contributed by atoms with Crippen LogP contribution in [0.5, 0.6) is 0 Å². The van der Waals surface area contributed by atoms with E-state index >= 15 is 0 Å². The molecule has 0 radical (unpaired) electrons. The lowest BCUT2D eigenvalue weighted by atomic mass is 10.2.